The van der Waals surface area contributed by atoms with Gasteiger partial charge in [-0.1, -0.05) is 29.8 Å². The summed E-state index contributed by atoms with van der Waals surface area (Å²) in [5.41, 5.74) is 1.35. The van der Waals surface area contributed by atoms with Crippen LogP contribution in [-0.4, -0.2) is 24.4 Å². The molecule has 124 valence electrons. The Morgan fingerprint density at radius 1 is 1.21 bits per heavy atom. The zero-order chi connectivity index (χ0) is 17.1. The number of carbonyl (C=O) groups is 2. The summed E-state index contributed by atoms with van der Waals surface area (Å²) < 4.78 is 13.0. The van der Waals surface area contributed by atoms with Gasteiger partial charge < -0.3 is 10.2 Å². The van der Waals surface area contributed by atoms with Gasteiger partial charge in [0.25, 0.3) is 0 Å². The number of nitrogens with one attached hydrogen (secondary N) is 1. The lowest BCUT2D eigenvalue weighted by molar-refractivity contribution is -0.126. The van der Waals surface area contributed by atoms with E-state index in [0.29, 0.717) is 23.7 Å². The van der Waals surface area contributed by atoms with Crippen LogP contribution in [0.5, 0.6) is 0 Å². The van der Waals surface area contributed by atoms with Gasteiger partial charge in [-0.2, -0.15) is 0 Å². The number of halogens is 2. The molecule has 24 heavy (non-hydrogen) atoms. The fraction of sp³-hybridized carbons (Fsp3) is 0.222. The number of rotatable bonds is 4. The van der Waals surface area contributed by atoms with Crippen molar-refractivity contribution in [3.8, 4) is 0 Å². The van der Waals surface area contributed by atoms with E-state index in [0.717, 1.165) is 5.56 Å². The molecule has 0 aromatic heterocycles. The van der Waals surface area contributed by atoms with Crippen molar-refractivity contribution in [1.82, 2.24) is 5.32 Å². The molecule has 1 saturated heterocycles. The Morgan fingerprint density at radius 2 is 1.92 bits per heavy atom. The second kappa shape index (κ2) is 7.01. The van der Waals surface area contributed by atoms with Gasteiger partial charge in [-0.25, -0.2) is 4.39 Å². The highest BCUT2D eigenvalue weighted by atomic mass is 35.5. The van der Waals surface area contributed by atoms with E-state index in [2.05, 4.69) is 5.32 Å². The fourth-order valence-electron chi connectivity index (χ4n) is 2.75. The van der Waals surface area contributed by atoms with Crippen molar-refractivity contribution < 1.29 is 14.0 Å². The summed E-state index contributed by atoms with van der Waals surface area (Å²) in [6.45, 7) is 0.488. The Balaban J connectivity index is 1.62. The largest absolute Gasteiger partial charge is 0.344 e. The highest BCUT2D eigenvalue weighted by Crippen LogP contribution is 2.22. The van der Waals surface area contributed by atoms with Gasteiger partial charge in [-0.3, -0.25) is 9.59 Å². The number of anilines is 1. The van der Waals surface area contributed by atoms with Gasteiger partial charge >= 0.3 is 0 Å². The lowest BCUT2D eigenvalue weighted by Gasteiger charge is -2.17. The number of carbonyl (C=O) groups excluding carboxylic acids is 2. The monoisotopic (exact) mass is 346 g/mol. The van der Waals surface area contributed by atoms with Crippen molar-refractivity contribution in [2.45, 2.75) is 18.9 Å². The second-order valence-electron chi connectivity index (χ2n) is 5.64. The molecule has 1 aliphatic rings. The molecule has 1 N–H and O–H groups in total. The maximum atomic E-state index is 13.0. The fourth-order valence-corrected chi connectivity index (χ4v) is 2.95. The normalized spacial score (nSPS) is 17.2. The standard InChI is InChI=1S/C18H16ClFN2O2/c19-15-4-2-1-3-12(15)11-17(23)21-16-9-10-22(18(16)24)14-7-5-13(20)6-8-14/h1-8,16H,9-11H2,(H,21,23)/t16-/m0/s1. The molecule has 0 bridgehead atoms. The summed E-state index contributed by atoms with van der Waals surface area (Å²) in [6, 6.07) is 12.3. The Bertz CT molecular complexity index is 764. The van der Waals surface area contributed by atoms with Crippen LogP contribution in [0.1, 0.15) is 12.0 Å². The van der Waals surface area contributed by atoms with E-state index in [1.165, 1.54) is 12.1 Å². The molecule has 0 saturated carbocycles. The predicted octanol–water partition coefficient (Wildman–Crippen LogP) is 2.94. The maximum Gasteiger partial charge on any atom is 0.249 e. The molecule has 2 aromatic carbocycles. The Kier molecular flexibility index (Phi) is 4.81. The zero-order valence-corrected chi connectivity index (χ0v) is 13.6. The van der Waals surface area contributed by atoms with Crippen LogP contribution in [-0.2, 0) is 16.0 Å². The first kappa shape index (κ1) is 16.5. The van der Waals surface area contributed by atoms with Crippen LogP contribution in [0.4, 0.5) is 10.1 Å². The van der Waals surface area contributed by atoms with E-state index >= 15 is 0 Å². The lowest BCUT2D eigenvalue weighted by Crippen LogP contribution is -2.42. The Hall–Kier alpha value is -2.40. The summed E-state index contributed by atoms with van der Waals surface area (Å²) in [5, 5.41) is 3.28. The van der Waals surface area contributed by atoms with E-state index in [4.69, 9.17) is 11.6 Å². The minimum Gasteiger partial charge on any atom is -0.344 e. The first-order chi connectivity index (χ1) is 11.5. The van der Waals surface area contributed by atoms with Crippen LogP contribution < -0.4 is 10.2 Å². The third-order valence-corrected chi connectivity index (χ3v) is 4.36. The molecule has 0 spiro atoms. The first-order valence-corrected chi connectivity index (χ1v) is 8.02. The summed E-state index contributed by atoms with van der Waals surface area (Å²) in [4.78, 5) is 26.2. The van der Waals surface area contributed by atoms with Crippen LogP contribution >= 0.6 is 11.6 Å². The Labute approximate surface area is 144 Å². The SMILES string of the molecule is O=C(Cc1ccccc1Cl)N[C@H]1CCN(c2ccc(F)cc2)C1=O. The third kappa shape index (κ3) is 3.57. The molecule has 6 heteroatoms. The smallest absolute Gasteiger partial charge is 0.249 e. The van der Waals surface area contributed by atoms with Gasteiger partial charge in [0.1, 0.15) is 11.9 Å². The molecule has 1 atom stereocenters. The molecular weight excluding hydrogens is 331 g/mol. The molecule has 0 radical (unpaired) electrons. The van der Waals surface area contributed by atoms with Crippen molar-refractivity contribution >= 4 is 29.1 Å². The molecule has 3 rings (SSSR count). The Morgan fingerprint density at radius 3 is 2.62 bits per heavy atom. The second-order valence-corrected chi connectivity index (χ2v) is 6.05. The van der Waals surface area contributed by atoms with Crippen molar-refractivity contribution in [1.29, 1.82) is 0 Å². The van der Waals surface area contributed by atoms with E-state index in [1.807, 2.05) is 6.07 Å². The van der Waals surface area contributed by atoms with Crippen LogP contribution in [0.2, 0.25) is 5.02 Å². The minimum absolute atomic E-state index is 0.125. The van der Waals surface area contributed by atoms with Crippen LogP contribution in [0.15, 0.2) is 48.5 Å². The zero-order valence-electron chi connectivity index (χ0n) is 12.8. The number of hydrogen-bond donors (Lipinski definition) is 1. The van der Waals surface area contributed by atoms with Crippen molar-refractivity contribution in [2.75, 3.05) is 11.4 Å². The van der Waals surface area contributed by atoms with Gasteiger partial charge in [0.15, 0.2) is 0 Å². The van der Waals surface area contributed by atoms with Gasteiger partial charge in [-0.05, 0) is 42.3 Å². The van der Waals surface area contributed by atoms with Crippen molar-refractivity contribution in [3.05, 3.63) is 64.9 Å². The maximum absolute atomic E-state index is 13.0. The summed E-state index contributed by atoms with van der Waals surface area (Å²) in [7, 11) is 0. The van der Waals surface area contributed by atoms with Gasteiger partial charge in [0.2, 0.25) is 11.8 Å². The topological polar surface area (TPSA) is 49.4 Å². The average Bonchev–Trinajstić information content (AvgIpc) is 2.91. The number of hydrogen-bond acceptors (Lipinski definition) is 2. The van der Waals surface area contributed by atoms with Gasteiger partial charge in [0, 0.05) is 17.3 Å². The highest BCUT2D eigenvalue weighted by molar-refractivity contribution is 6.31. The number of benzene rings is 2. The van der Waals surface area contributed by atoms with Crippen molar-refractivity contribution in [2.24, 2.45) is 0 Å². The minimum atomic E-state index is -0.565. The van der Waals surface area contributed by atoms with Crippen molar-refractivity contribution in [3.63, 3.8) is 0 Å². The molecule has 2 aromatic rings. The van der Waals surface area contributed by atoms with Crippen LogP contribution in [0.25, 0.3) is 0 Å². The van der Waals surface area contributed by atoms with E-state index in [1.54, 1.807) is 35.2 Å². The van der Waals surface area contributed by atoms with E-state index in [-0.39, 0.29) is 24.1 Å². The average molecular weight is 347 g/mol. The first-order valence-electron chi connectivity index (χ1n) is 7.64. The third-order valence-electron chi connectivity index (χ3n) is 3.99. The van der Waals surface area contributed by atoms with Crippen LogP contribution in [0.3, 0.4) is 0 Å². The number of nitrogens with zero attached hydrogens (tertiary/aromatic N) is 1. The molecule has 0 aliphatic carbocycles. The molecule has 0 unspecified atom stereocenters. The van der Waals surface area contributed by atoms with E-state index in [9.17, 15) is 14.0 Å². The quantitative estimate of drug-likeness (QED) is 0.925. The molecule has 1 aliphatic heterocycles. The number of amides is 2. The predicted molar refractivity (Wildman–Crippen MR) is 90.5 cm³/mol. The van der Waals surface area contributed by atoms with E-state index < -0.39 is 6.04 Å². The molecule has 4 nitrogen and oxygen atoms in total. The molecular formula is C18H16ClFN2O2. The summed E-state index contributed by atoms with van der Waals surface area (Å²) in [5.74, 6) is -0.786. The van der Waals surface area contributed by atoms with Crippen LogP contribution in [0, 0.1) is 5.82 Å². The molecule has 1 fully saturated rings. The summed E-state index contributed by atoms with van der Waals surface area (Å²) in [6.07, 6.45) is 0.643. The highest BCUT2D eigenvalue weighted by Gasteiger charge is 2.33. The van der Waals surface area contributed by atoms with Gasteiger partial charge in [0.05, 0.1) is 6.42 Å². The van der Waals surface area contributed by atoms with Gasteiger partial charge in [-0.15, -0.1) is 0 Å². The molecule has 2 amide bonds. The lowest BCUT2D eigenvalue weighted by atomic mass is 10.1. The molecule has 1 heterocycles. The summed E-state index contributed by atoms with van der Waals surface area (Å²) >= 11 is 6.04.